The lowest BCUT2D eigenvalue weighted by Gasteiger charge is -2.28. The summed E-state index contributed by atoms with van der Waals surface area (Å²) < 4.78 is 69.0. The van der Waals surface area contributed by atoms with Gasteiger partial charge in [0.2, 0.25) is 11.6 Å². The molecule has 4 rings (SSSR count). The van der Waals surface area contributed by atoms with Crippen LogP contribution in [0, 0.1) is 35.1 Å². The summed E-state index contributed by atoms with van der Waals surface area (Å²) in [5.41, 5.74) is 0.595. The van der Waals surface area contributed by atoms with E-state index in [-0.39, 0.29) is 29.8 Å². The van der Waals surface area contributed by atoms with Crippen molar-refractivity contribution in [2.75, 3.05) is 6.61 Å². The van der Waals surface area contributed by atoms with Gasteiger partial charge < -0.3 is 9.47 Å². The van der Waals surface area contributed by atoms with E-state index in [2.05, 4.69) is 6.08 Å². The minimum absolute atomic E-state index is 0.0520. The Kier molecular flexibility index (Phi) is 8.93. The van der Waals surface area contributed by atoms with Gasteiger partial charge in [0.15, 0.2) is 23.1 Å². The van der Waals surface area contributed by atoms with Gasteiger partial charge in [-0.1, -0.05) is 24.3 Å². The zero-order chi connectivity index (χ0) is 26.5. The van der Waals surface area contributed by atoms with Crippen LogP contribution in [0.4, 0.5) is 17.6 Å². The minimum Gasteiger partial charge on any atom is -0.491 e. The Hall–Kier alpha value is -2.83. The number of esters is 1. The summed E-state index contributed by atoms with van der Waals surface area (Å²) in [6.45, 7) is 3.90. The molecule has 0 N–H and O–H groups in total. The molecule has 0 spiro atoms. The quantitative estimate of drug-likeness (QED) is 0.160. The van der Waals surface area contributed by atoms with Crippen molar-refractivity contribution in [1.29, 1.82) is 0 Å². The van der Waals surface area contributed by atoms with Crippen LogP contribution in [0.15, 0.2) is 36.4 Å². The SMILES string of the molecule is CC=CC1CCC(c2ccc(OC(=O)C3CCC(c4ccc(OCC)c(F)c4F)CC3)c(F)c2F)CC1. The minimum atomic E-state index is -1.14. The Morgan fingerprint density at radius 2 is 1.30 bits per heavy atom. The van der Waals surface area contributed by atoms with E-state index in [0.717, 1.165) is 25.7 Å². The number of rotatable bonds is 7. The van der Waals surface area contributed by atoms with Crippen LogP contribution < -0.4 is 9.47 Å². The largest absolute Gasteiger partial charge is 0.491 e. The molecule has 2 saturated carbocycles. The lowest BCUT2D eigenvalue weighted by atomic mass is 9.78. The smallest absolute Gasteiger partial charge is 0.314 e. The average molecular weight is 519 g/mol. The van der Waals surface area contributed by atoms with Gasteiger partial charge in [-0.2, -0.15) is 8.78 Å². The standard InChI is InChI=1S/C30H34F4O3/c1-3-5-18-6-8-19(9-7-18)23-15-17-25(29(34)27(23)32)37-30(35)21-12-10-20(11-13-21)22-14-16-24(36-4-2)28(33)26(22)31/h3,5,14-21H,4,6-13H2,1-2H3. The third kappa shape index (κ3) is 6.02. The molecule has 2 aromatic carbocycles. The Morgan fingerprint density at radius 3 is 1.84 bits per heavy atom. The second-order valence-corrected chi connectivity index (χ2v) is 10.1. The van der Waals surface area contributed by atoms with Crippen LogP contribution in [0.1, 0.15) is 88.2 Å². The number of hydrogen-bond acceptors (Lipinski definition) is 3. The first-order valence-electron chi connectivity index (χ1n) is 13.3. The second kappa shape index (κ2) is 12.1. The van der Waals surface area contributed by atoms with E-state index in [1.54, 1.807) is 6.92 Å². The van der Waals surface area contributed by atoms with E-state index in [0.29, 0.717) is 37.2 Å². The molecule has 0 aliphatic heterocycles. The maximum absolute atomic E-state index is 14.9. The fourth-order valence-corrected chi connectivity index (χ4v) is 5.80. The van der Waals surface area contributed by atoms with Crippen LogP contribution in [0.5, 0.6) is 11.5 Å². The Bertz CT molecular complexity index is 1130. The molecule has 0 unspecified atom stereocenters. The molecule has 2 aliphatic carbocycles. The van der Waals surface area contributed by atoms with E-state index in [4.69, 9.17) is 9.47 Å². The average Bonchev–Trinajstić information content (AvgIpc) is 2.91. The zero-order valence-electron chi connectivity index (χ0n) is 21.4. The van der Waals surface area contributed by atoms with E-state index >= 15 is 0 Å². The Labute approximate surface area is 215 Å². The predicted octanol–water partition coefficient (Wildman–Crippen LogP) is 8.37. The highest BCUT2D eigenvalue weighted by molar-refractivity contribution is 5.75. The molecule has 0 aromatic heterocycles. The third-order valence-corrected chi connectivity index (χ3v) is 7.84. The van der Waals surface area contributed by atoms with E-state index in [1.165, 1.54) is 24.3 Å². The van der Waals surface area contributed by atoms with E-state index in [1.807, 2.05) is 13.0 Å². The van der Waals surface area contributed by atoms with Crippen molar-refractivity contribution in [1.82, 2.24) is 0 Å². The van der Waals surface area contributed by atoms with Crippen molar-refractivity contribution < 1.29 is 31.8 Å². The van der Waals surface area contributed by atoms with Gasteiger partial charge in [-0.05, 0) is 106 Å². The zero-order valence-corrected chi connectivity index (χ0v) is 21.4. The van der Waals surface area contributed by atoms with Crippen LogP contribution in [0.3, 0.4) is 0 Å². The van der Waals surface area contributed by atoms with Crippen molar-refractivity contribution in [2.45, 2.75) is 77.0 Å². The summed E-state index contributed by atoms with van der Waals surface area (Å²) >= 11 is 0. The molecule has 200 valence electrons. The molecular weight excluding hydrogens is 484 g/mol. The molecule has 2 aliphatic rings. The predicted molar refractivity (Wildman–Crippen MR) is 134 cm³/mol. The molecule has 0 atom stereocenters. The highest BCUT2D eigenvalue weighted by Gasteiger charge is 2.32. The first-order chi connectivity index (χ1) is 17.8. The van der Waals surface area contributed by atoms with Crippen molar-refractivity contribution in [2.24, 2.45) is 11.8 Å². The topological polar surface area (TPSA) is 35.5 Å². The Morgan fingerprint density at radius 1 is 0.784 bits per heavy atom. The van der Waals surface area contributed by atoms with Gasteiger partial charge in [0.05, 0.1) is 12.5 Å². The first kappa shape index (κ1) is 27.2. The van der Waals surface area contributed by atoms with Gasteiger partial charge in [0.1, 0.15) is 0 Å². The first-order valence-corrected chi connectivity index (χ1v) is 13.3. The monoisotopic (exact) mass is 518 g/mol. The lowest BCUT2D eigenvalue weighted by Crippen LogP contribution is -2.26. The molecule has 37 heavy (non-hydrogen) atoms. The molecule has 7 heteroatoms. The van der Waals surface area contributed by atoms with Gasteiger partial charge in [-0.15, -0.1) is 0 Å². The highest BCUT2D eigenvalue weighted by atomic mass is 19.2. The third-order valence-electron chi connectivity index (χ3n) is 7.84. The molecule has 0 saturated heterocycles. The van der Waals surface area contributed by atoms with Gasteiger partial charge in [0.25, 0.3) is 0 Å². The van der Waals surface area contributed by atoms with Crippen molar-refractivity contribution in [3.8, 4) is 11.5 Å². The maximum atomic E-state index is 14.9. The van der Waals surface area contributed by atoms with Crippen molar-refractivity contribution in [3.63, 3.8) is 0 Å². The van der Waals surface area contributed by atoms with Crippen LogP contribution in [0.25, 0.3) is 0 Å². The van der Waals surface area contributed by atoms with Crippen molar-refractivity contribution in [3.05, 3.63) is 70.8 Å². The molecule has 0 amide bonds. The fourth-order valence-electron chi connectivity index (χ4n) is 5.80. The number of benzene rings is 2. The van der Waals surface area contributed by atoms with Gasteiger partial charge >= 0.3 is 5.97 Å². The summed E-state index contributed by atoms with van der Waals surface area (Å²) in [6.07, 6.45) is 9.30. The summed E-state index contributed by atoms with van der Waals surface area (Å²) in [4.78, 5) is 12.7. The van der Waals surface area contributed by atoms with Gasteiger partial charge in [0, 0.05) is 0 Å². The number of halogens is 4. The fraction of sp³-hybridized carbons (Fsp3) is 0.500. The Balaban J connectivity index is 1.36. The summed E-state index contributed by atoms with van der Waals surface area (Å²) in [6, 6.07) is 5.82. The number of carbonyl (C=O) groups excluding carboxylic acids is 1. The molecule has 0 radical (unpaired) electrons. The highest BCUT2D eigenvalue weighted by Crippen LogP contribution is 2.41. The number of ether oxygens (including phenoxy) is 2. The second-order valence-electron chi connectivity index (χ2n) is 10.1. The van der Waals surface area contributed by atoms with Crippen LogP contribution in [0.2, 0.25) is 0 Å². The lowest BCUT2D eigenvalue weighted by molar-refractivity contribution is -0.140. The van der Waals surface area contributed by atoms with Crippen LogP contribution in [-0.2, 0) is 4.79 Å². The van der Waals surface area contributed by atoms with Gasteiger partial charge in [-0.25, -0.2) is 8.78 Å². The summed E-state index contributed by atoms with van der Waals surface area (Å²) in [7, 11) is 0. The van der Waals surface area contributed by atoms with Crippen molar-refractivity contribution >= 4 is 5.97 Å². The molecule has 0 bridgehead atoms. The van der Waals surface area contributed by atoms with Crippen LogP contribution >= 0.6 is 0 Å². The van der Waals surface area contributed by atoms with Crippen LogP contribution in [-0.4, -0.2) is 12.6 Å². The number of hydrogen-bond donors (Lipinski definition) is 0. The molecule has 2 fully saturated rings. The summed E-state index contributed by atoms with van der Waals surface area (Å²) in [5, 5.41) is 0. The maximum Gasteiger partial charge on any atom is 0.314 e. The number of carbonyl (C=O) groups is 1. The molecule has 0 heterocycles. The molecule has 3 nitrogen and oxygen atoms in total. The van der Waals surface area contributed by atoms with E-state index < -0.39 is 40.9 Å². The number of allylic oxidation sites excluding steroid dienone is 2. The molecule has 2 aromatic rings. The molecular formula is C30H34F4O3. The van der Waals surface area contributed by atoms with Gasteiger partial charge in [-0.3, -0.25) is 4.79 Å². The summed E-state index contributed by atoms with van der Waals surface area (Å²) in [5.74, 6) is -5.51. The normalized spacial score (nSPS) is 24.3. The van der Waals surface area contributed by atoms with E-state index in [9.17, 15) is 22.4 Å².